The summed E-state index contributed by atoms with van der Waals surface area (Å²) < 4.78 is 41.4. The van der Waals surface area contributed by atoms with Crippen LogP contribution in [-0.2, 0) is 9.84 Å². The molecule has 0 radical (unpaired) electrons. The molecule has 0 amide bonds. The zero-order valence-electron chi connectivity index (χ0n) is 11.4. The summed E-state index contributed by atoms with van der Waals surface area (Å²) in [5, 5.41) is 9.89. The second kappa shape index (κ2) is 6.24. The van der Waals surface area contributed by atoms with Crippen LogP contribution in [0.1, 0.15) is 11.7 Å². The first kappa shape index (κ1) is 15.5. The first-order chi connectivity index (χ1) is 9.88. The summed E-state index contributed by atoms with van der Waals surface area (Å²) in [6, 6.07) is 11.7. The topological polar surface area (TPSA) is 63.6 Å². The van der Waals surface area contributed by atoms with Crippen LogP contribution in [0.3, 0.4) is 0 Å². The highest BCUT2D eigenvalue weighted by molar-refractivity contribution is 7.90. The number of rotatable bonds is 5. The number of halogens is 1. The highest BCUT2D eigenvalue weighted by Crippen LogP contribution is 2.20. The molecular weight excluding hydrogens is 295 g/mol. The Labute approximate surface area is 122 Å². The quantitative estimate of drug-likeness (QED) is 0.920. The fourth-order valence-electron chi connectivity index (χ4n) is 1.79. The molecule has 0 saturated heterocycles. The number of benzene rings is 2. The van der Waals surface area contributed by atoms with E-state index in [0.717, 1.165) is 6.26 Å². The summed E-state index contributed by atoms with van der Waals surface area (Å²) in [5.41, 5.74) is 0.158. The standard InChI is InChI=1S/C15H15FO4S/c1-21(18,19)12-8-6-11(7-9-12)20-10-15(17)13-4-2-3-5-14(13)16/h2-9,15,17H,10H2,1H3. The van der Waals surface area contributed by atoms with Crippen molar-refractivity contribution in [1.82, 2.24) is 0 Å². The molecule has 0 heterocycles. The van der Waals surface area contributed by atoms with E-state index < -0.39 is 21.8 Å². The van der Waals surface area contributed by atoms with Gasteiger partial charge in [0, 0.05) is 11.8 Å². The van der Waals surface area contributed by atoms with Crippen molar-refractivity contribution in [2.24, 2.45) is 0 Å². The molecular formula is C15H15FO4S. The van der Waals surface area contributed by atoms with Gasteiger partial charge in [0.25, 0.3) is 0 Å². The van der Waals surface area contributed by atoms with Gasteiger partial charge in [0.1, 0.15) is 24.3 Å². The van der Waals surface area contributed by atoms with E-state index in [1.807, 2.05) is 0 Å². The molecule has 2 aromatic rings. The molecule has 0 aliphatic heterocycles. The molecule has 0 fully saturated rings. The molecule has 6 heteroatoms. The zero-order valence-corrected chi connectivity index (χ0v) is 12.2. The van der Waals surface area contributed by atoms with E-state index in [1.54, 1.807) is 6.07 Å². The average Bonchev–Trinajstić information content (AvgIpc) is 2.45. The third-order valence-corrected chi connectivity index (χ3v) is 4.05. The maximum atomic E-state index is 13.5. The van der Waals surface area contributed by atoms with Crippen molar-refractivity contribution in [2.45, 2.75) is 11.0 Å². The second-order valence-electron chi connectivity index (χ2n) is 4.59. The van der Waals surface area contributed by atoms with Crippen molar-refractivity contribution < 1.29 is 22.7 Å². The van der Waals surface area contributed by atoms with Crippen LogP contribution in [0.2, 0.25) is 0 Å². The monoisotopic (exact) mass is 310 g/mol. The van der Waals surface area contributed by atoms with E-state index in [0.29, 0.717) is 5.75 Å². The molecule has 4 nitrogen and oxygen atoms in total. The van der Waals surface area contributed by atoms with Crippen LogP contribution in [0.5, 0.6) is 5.75 Å². The van der Waals surface area contributed by atoms with Crippen LogP contribution in [0, 0.1) is 5.82 Å². The Kier molecular flexibility index (Phi) is 4.59. The minimum absolute atomic E-state index is 0.126. The minimum atomic E-state index is -3.25. The Bertz CT molecular complexity index is 711. The predicted octanol–water partition coefficient (Wildman–Crippen LogP) is 2.34. The lowest BCUT2D eigenvalue weighted by Crippen LogP contribution is -2.11. The zero-order chi connectivity index (χ0) is 15.5. The van der Waals surface area contributed by atoms with Crippen LogP contribution in [0.25, 0.3) is 0 Å². The molecule has 21 heavy (non-hydrogen) atoms. The molecule has 0 aliphatic rings. The Hall–Kier alpha value is -1.92. The number of aliphatic hydroxyl groups excluding tert-OH is 1. The van der Waals surface area contributed by atoms with Crippen LogP contribution < -0.4 is 4.74 Å². The third kappa shape index (κ3) is 4.03. The van der Waals surface area contributed by atoms with Crippen molar-refractivity contribution in [3.63, 3.8) is 0 Å². The largest absolute Gasteiger partial charge is 0.491 e. The van der Waals surface area contributed by atoms with Crippen molar-refractivity contribution in [3.8, 4) is 5.75 Å². The van der Waals surface area contributed by atoms with E-state index >= 15 is 0 Å². The molecule has 0 bridgehead atoms. The molecule has 0 spiro atoms. The molecule has 112 valence electrons. The van der Waals surface area contributed by atoms with Crippen LogP contribution in [0.4, 0.5) is 4.39 Å². The summed E-state index contributed by atoms with van der Waals surface area (Å²) in [5.74, 6) is -0.0983. The van der Waals surface area contributed by atoms with E-state index in [9.17, 15) is 17.9 Å². The average molecular weight is 310 g/mol. The molecule has 2 aromatic carbocycles. The van der Waals surface area contributed by atoms with Gasteiger partial charge in [0.15, 0.2) is 9.84 Å². The van der Waals surface area contributed by atoms with Gasteiger partial charge in [-0.1, -0.05) is 18.2 Å². The van der Waals surface area contributed by atoms with Crippen LogP contribution in [0.15, 0.2) is 53.4 Å². The number of ether oxygens (including phenoxy) is 1. The van der Waals surface area contributed by atoms with Gasteiger partial charge in [-0.05, 0) is 30.3 Å². The number of sulfone groups is 1. The highest BCUT2D eigenvalue weighted by atomic mass is 32.2. The lowest BCUT2D eigenvalue weighted by atomic mass is 10.1. The smallest absolute Gasteiger partial charge is 0.175 e. The first-order valence-corrected chi connectivity index (χ1v) is 8.12. The molecule has 2 rings (SSSR count). The Morgan fingerprint density at radius 2 is 1.76 bits per heavy atom. The second-order valence-corrected chi connectivity index (χ2v) is 6.61. The van der Waals surface area contributed by atoms with Gasteiger partial charge in [-0.2, -0.15) is 0 Å². The maximum absolute atomic E-state index is 13.5. The lowest BCUT2D eigenvalue weighted by molar-refractivity contribution is 0.105. The van der Waals surface area contributed by atoms with Gasteiger partial charge >= 0.3 is 0 Å². The number of hydrogen-bond donors (Lipinski definition) is 1. The Morgan fingerprint density at radius 1 is 1.14 bits per heavy atom. The predicted molar refractivity (Wildman–Crippen MR) is 76.4 cm³/mol. The maximum Gasteiger partial charge on any atom is 0.175 e. The molecule has 0 saturated carbocycles. The van der Waals surface area contributed by atoms with Gasteiger partial charge in [0.05, 0.1) is 4.90 Å². The van der Waals surface area contributed by atoms with E-state index in [-0.39, 0.29) is 17.1 Å². The summed E-state index contributed by atoms with van der Waals surface area (Å²) in [6.45, 7) is -0.126. The SMILES string of the molecule is CS(=O)(=O)c1ccc(OCC(O)c2ccccc2F)cc1. The molecule has 1 N–H and O–H groups in total. The minimum Gasteiger partial charge on any atom is -0.491 e. The lowest BCUT2D eigenvalue weighted by Gasteiger charge is -2.13. The van der Waals surface area contributed by atoms with E-state index in [1.165, 1.54) is 42.5 Å². The third-order valence-electron chi connectivity index (χ3n) is 2.92. The number of aliphatic hydroxyl groups is 1. The normalized spacial score (nSPS) is 12.9. The van der Waals surface area contributed by atoms with E-state index in [2.05, 4.69) is 0 Å². The van der Waals surface area contributed by atoms with Crippen molar-refractivity contribution in [2.75, 3.05) is 12.9 Å². The Balaban J connectivity index is 2.02. The van der Waals surface area contributed by atoms with Gasteiger partial charge < -0.3 is 9.84 Å². The molecule has 0 aliphatic carbocycles. The highest BCUT2D eigenvalue weighted by Gasteiger charge is 2.13. The summed E-state index contributed by atoms with van der Waals surface area (Å²) >= 11 is 0. The molecule has 1 atom stereocenters. The summed E-state index contributed by atoms with van der Waals surface area (Å²) in [7, 11) is -3.25. The van der Waals surface area contributed by atoms with Gasteiger partial charge in [-0.3, -0.25) is 0 Å². The summed E-state index contributed by atoms with van der Waals surface area (Å²) in [4.78, 5) is 0.185. The Morgan fingerprint density at radius 3 is 2.33 bits per heavy atom. The number of hydrogen-bond acceptors (Lipinski definition) is 4. The molecule has 1 unspecified atom stereocenters. The fourth-order valence-corrected chi connectivity index (χ4v) is 2.42. The van der Waals surface area contributed by atoms with Crippen molar-refractivity contribution in [1.29, 1.82) is 0 Å². The van der Waals surface area contributed by atoms with Gasteiger partial charge in [-0.25, -0.2) is 12.8 Å². The van der Waals surface area contributed by atoms with Crippen molar-refractivity contribution in [3.05, 3.63) is 59.9 Å². The van der Waals surface area contributed by atoms with Crippen LogP contribution >= 0.6 is 0 Å². The summed E-state index contributed by atoms with van der Waals surface area (Å²) in [6.07, 6.45) is 0.0194. The first-order valence-electron chi connectivity index (χ1n) is 6.23. The van der Waals surface area contributed by atoms with Gasteiger partial charge in [-0.15, -0.1) is 0 Å². The van der Waals surface area contributed by atoms with Crippen molar-refractivity contribution >= 4 is 9.84 Å². The van der Waals surface area contributed by atoms with Gasteiger partial charge in [0.2, 0.25) is 0 Å². The fraction of sp³-hybridized carbons (Fsp3) is 0.200. The molecule has 0 aromatic heterocycles. The van der Waals surface area contributed by atoms with Crippen LogP contribution in [-0.4, -0.2) is 26.4 Å². The van der Waals surface area contributed by atoms with E-state index in [4.69, 9.17) is 4.74 Å².